The van der Waals surface area contributed by atoms with E-state index in [2.05, 4.69) is 34.6 Å². The van der Waals surface area contributed by atoms with Crippen LogP contribution >= 0.6 is 0 Å². The number of esters is 1. The number of carbonyl (C=O) groups excluding carboxylic acids is 1. The monoisotopic (exact) mass is 504 g/mol. The highest BCUT2D eigenvalue weighted by Crippen LogP contribution is 2.49. The number of aromatic hydroxyl groups is 1. The molecule has 1 rings (SSSR count). The van der Waals surface area contributed by atoms with Crippen LogP contribution in [-0.2, 0) is 15.6 Å². The van der Waals surface area contributed by atoms with Gasteiger partial charge < -0.3 is 14.9 Å². The largest absolute Gasteiger partial charge is 0.508 e. The van der Waals surface area contributed by atoms with Crippen molar-refractivity contribution in [3.05, 3.63) is 22.8 Å². The second-order valence-corrected chi connectivity index (χ2v) is 12.8. The summed E-state index contributed by atoms with van der Waals surface area (Å²) < 4.78 is 5.84. The van der Waals surface area contributed by atoms with Crippen LogP contribution in [0.25, 0.3) is 0 Å². The minimum absolute atomic E-state index is 0.0610. The molecule has 4 heteroatoms. The predicted molar refractivity (Wildman–Crippen MR) is 152 cm³/mol. The van der Waals surface area contributed by atoms with E-state index in [4.69, 9.17) is 4.74 Å². The lowest BCUT2D eigenvalue weighted by atomic mass is 9.73. The van der Waals surface area contributed by atoms with Gasteiger partial charge in [-0.05, 0) is 35.7 Å². The molecular weight excluding hydrogens is 448 g/mol. The molecule has 0 heterocycles. The van der Waals surface area contributed by atoms with Crippen LogP contribution in [0.15, 0.2) is 6.07 Å². The molecule has 0 bridgehead atoms. The quantitative estimate of drug-likeness (QED) is 0.142. The number of ether oxygens (including phenoxy) is 1. The highest BCUT2D eigenvalue weighted by molar-refractivity contribution is 5.72. The summed E-state index contributed by atoms with van der Waals surface area (Å²) in [5.41, 5.74) is 1.29. The van der Waals surface area contributed by atoms with Gasteiger partial charge in [0.25, 0.3) is 0 Å². The number of hydrogen-bond acceptors (Lipinski definition) is 4. The summed E-state index contributed by atoms with van der Waals surface area (Å²) in [6, 6.07) is 1.71. The molecule has 0 spiro atoms. The molecule has 1 atom stereocenters. The predicted octanol–water partition coefficient (Wildman–Crippen LogP) is 9.28. The maximum absolute atomic E-state index is 12.2. The van der Waals surface area contributed by atoms with Crippen LogP contribution in [0.3, 0.4) is 0 Å². The number of hydrogen-bond donors (Lipinski definition) is 2. The zero-order chi connectivity index (χ0) is 27.5. The molecule has 0 fully saturated rings. The zero-order valence-electron chi connectivity index (χ0n) is 24.9. The standard InChI is InChI=1S/C32H56O4/c1-10-12-14-16-18-20-24(21-19-17-15-13-11-2)29(35)27-26(34)22-25(31(4,5)6)30(36-23(3)33)28(27)32(7,8)9/h22,24,29,34-35H,10-21H2,1-9H3. The molecule has 2 N–H and O–H groups in total. The molecule has 0 saturated heterocycles. The van der Waals surface area contributed by atoms with Crippen LogP contribution in [0.5, 0.6) is 11.5 Å². The van der Waals surface area contributed by atoms with Gasteiger partial charge in [-0.15, -0.1) is 0 Å². The Bertz CT molecular complexity index is 784. The average molecular weight is 505 g/mol. The van der Waals surface area contributed by atoms with Gasteiger partial charge in [0.15, 0.2) is 0 Å². The Hall–Kier alpha value is -1.55. The Balaban J connectivity index is 3.51. The highest BCUT2D eigenvalue weighted by atomic mass is 16.5. The molecule has 0 aliphatic heterocycles. The van der Waals surface area contributed by atoms with E-state index in [0.717, 1.165) is 36.8 Å². The molecule has 1 unspecified atom stereocenters. The Labute approximate surface area is 222 Å². The van der Waals surface area contributed by atoms with Gasteiger partial charge in [0, 0.05) is 23.6 Å². The Morgan fingerprint density at radius 1 is 0.833 bits per heavy atom. The Kier molecular flexibility index (Phi) is 13.5. The third-order valence-electron chi connectivity index (χ3n) is 7.20. The van der Waals surface area contributed by atoms with E-state index in [1.54, 1.807) is 6.07 Å². The first kappa shape index (κ1) is 32.5. The molecule has 208 valence electrons. The van der Waals surface area contributed by atoms with Crippen LogP contribution in [-0.4, -0.2) is 16.2 Å². The van der Waals surface area contributed by atoms with Crippen LogP contribution < -0.4 is 4.74 Å². The van der Waals surface area contributed by atoms with E-state index in [0.29, 0.717) is 11.3 Å². The first-order chi connectivity index (χ1) is 16.8. The zero-order valence-corrected chi connectivity index (χ0v) is 24.9. The molecule has 36 heavy (non-hydrogen) atoms. The van der Waals surface area contributed by atoms with Gasteiger partial charge in [0.05, 0.1) is 6.10 Å². The first-order valence-corrected chi connectivity index (χ1v) is 14.5. The van der Waals surface area contributed by atoms with Gasteiger partial charge in [-0.1, -0.05) is 120 Å². The van der Waals surface area contributed by atoms with E-state index < -0.39 is 11.5 Å². The van der Waals surface area contributed by atoms with E-state index in [9.17, 15) is 15.0 Å². The van der Waals surface area contributed by atoms with Crippen LogP contribution in [0.1, 0.15) is 162 Å². The molecule has 0 aromatic heterocycles. The maximum Gasteiger partial charge on any atom is 0.308 e. The molecule has 0 aliphatic rings. The number of benzene rings is 1. The summed E-state index contributed by atoms with van der Waals surface area (Å²) in [7, 11) is 0. The second kappa shape index (κ2) is 15.0. The third kappa shape index (κ3) is 10.1. The smallest absolute Gasteiger partial charge is 0.308 e. The van der Waals surface area contributed by atoms with Gasteiger partial charge in [0.2, 0.25) is 0 Å². The maximum atomic E-state index is 12.2. The van der Waals surface area contributed by atoms with Crippen molar-refractivity contribution in [2.45, 2.75) is 156 Å². The summed E-state index contributed by atoms with van der Waals surface area (Å²) in [6.07, 6.45) is 13.0. The van der Waals surface area contributed by atoms with E-state index in [-0.39, 0.29) is 23.1 Å². The lowest BCUT2D eigenvalue weighted by Crippen LogP contribution is -2.25. The number of aliphatic hydroxyl groups excluding tert-OH is 1. The van der Waals surface area contributed by atoms with E-state index >= 15 is 0 Å². The summed E-state index contributed by atoms with van der Waals surface area (Å²) in [5.74, 6) is 0.278. The number of phenolic OH excluding ortho intramolecular Hbond substituents is 1. The number of unbranched alkanes of at least 4 members (excludes halogenated alkanes) is 8. The minimum atomic E-state index is -0.806. The highest BCUT2D eigenvalue weighted by Gasteiger charge is 2.36. The molecule has 0 amide bonds. The fourth-order valence-electron chi connectivity index (χ4n) is 5.23. The third-order valence-corrected chi connectivity index (χ3v) is 7.20. The molecule has 1 aromatic rings. The lowest BCUT2D eigenvalue weighted by molar-refractivity contribution is -0.132. The Morgan fingerprint density at radius 2 is 1.31 bits per heavy atom. The average Bonchev–Trinajstić information content (AvgIpc) is 2.75. The van der Waals surface area contributed by atoms with Crippen LogP contribution in [0.2, 0.25) is 0 Å². The lowest BCUT2D eigenvalue weighted by Gasteiger charge is -2.35. The fraction of sp³-hybridized carbons (Fsp3) is 0.781. The number of rotatable bonds is 15. The van der Waals surface area contributed by atoms with Crippen LogP contribution in [0.4, 0.5) is 0 Å². The van der Waals surface area contributed by atoms with Crippen molar-refractivity contribution < 1.29 is 19.7 Å². The van der Waals surface area contributed by atoms with Gasteiger partial charge in [-0.2, -0.15) is 0 Å². The van der Waals surface area contributed by atoms with E-state index in [1.165, 1.54) is 58.3 Å². The summed E-state index contributed by atoms with van der Waals surface area (Å²) in [4.78, 5) is 12.2. The number of carbonyl (C=O) groups is 1. The Morgan fingerprint density at radius 3 is 1.69 bits per heavy atom. The molecule has 0 radical (unpaired) electrons. The van der Waals surface area contributed by atoms with Crippen molar-refractivity contribution in [2.24, 2.45) is 5.92 Å². The van der Waals surface area contributed by atoms with Gasteiger partial charge in [-0.25, -0.2) is 0 Å². The molecule has 0 aliphatic carbocycles. The molecule has 4 nitrogen and oxygen atoms in total. The van der Waals surface area contributed by atoms with E-state index in [1.807, 2.05) is 20.8 Å². The molecule has 0 saturated carbocycles. The SMILES string of the molecule is CCCCCCCC(CCCCCCC)C(O)c1c(O)cc(C(C)(C)C)c(OC(C)=O)c1C(C)(C)C. The van der Waals surface area contributed by atoms with Gasteiger partial charge >= 0.3 is 5.97 Å². The number of aliphatic hydroxyl groups is 1. The van der Waals surface area contributed by atoms with Crippen molar-refractivity contribution in [2.75, 3.05) is 0 Å². The van der Waals surface area contributed by atoms with Crippen molar-refractivity contribution in [3.8, 4) is 11.5 Å². The molecule has 1 aromatic carbocycles. The van der Waals surface area contributed by atoms with Crippen LogP contribution in [0, 0.1) is 5.92 Å². The topological polar surface area (TPSA) is 66.8 Å². The van der Waals surface area contributed by atoms with Gasteiger partial charge in [0.1, 0.15) is 11.5 Å². The minimum Gasteiger partial charge on any atom is -0.508 e. The first-order valence-electron chi connectivity index (χ1n) is 14.5. The van der Waals surface area contributed by atoms with Crippen molar-refractivity contribution >= 4 is 5.97 Å². The van der Waals surface area contributed by atoms with Crippen molar-refractivity contribution in [3.63, 3.8) is 0 Å². The summed E-state index contributed by atoms with van der Waals surface area (Å²) in [6.45, 7) is 18.2. The second-order valence-electron chi connectivity index (χ2n) is 12.8. The van der Waals surface area contributed by atoms with Gasteiger partial charge in [-0.3, -0.25) is 4.79 Å². The molecular formula is C32H56O4. The number of phenols is 1. The van der Waals surface area contributed by atoms with Crippen molar-refractivity contribution in [1.82, 2.24) is 0 Å². The normalized spacial score (nSPS) is 13.3. The summed E-state index contributed by atoms with van der Waals surface area (Å²) >= 11 is 0. The van der Waals surface area contributed by atoms with Crippen molar-refractivity contribution in [1.29, 1.82) is 0 Å². The fourth-order valence-corrected chi connectivity index (χ4v) is 5.23. The summed E-state index contributed by atoms with van der Waals surface area (Å²) in [5, 5.41) is 23.2.